The maximum atomic E-state index is 4.65. The van der Waals surface area contributed by atoms with E-state index in [4.69, 9.17) is 0 Å². The lowest BCUT2D eigenvalue weighted by molar-refractivity contribution is 0.431. The summed E-state index contributed by atoms with van der Waals surface area (Å²) < 4.78 is 0. The van der Waals surface area contributed by atoms with Gasteiger partial charge in [-0.25, -0.2) is 4.98 Å². The summed E-state index contributed by atoms with van der Waals surface area (Å²) in [5, 5.41) is 7.04. The van der Waals surface area contributed by atoms with Crippen LogP contribution in [0.3, 0.4) is 0 Å². The number of halogens is 1. The first-order chi connectivity index (χ1) is 14.3. The molecule has 162 valence electrons. The van der Waals surface area contributed by atoms with Crippen LogP contribution in [0.15, 0.2) is 53.7 Å². The van der Waals surface area contributed by atoms with Crippen LogP contribution >= 0.6 is 24.0 Å². The number of rotatable bonds is 6. The molecule has 4 rings (SSSR count). The van der Waals surface area contributed by atoms with Crippen LogP contribution < -0.4 is 15.5 Å². The number of hydrogen-bond donors (Lipinski definition) is 2. The predicted molar refractivity (Wildman–Crippen MR) is 136 cm³/mol. The van der Waals surface area contributed by atoms with Gasteiger partial charge in [-0.15, -0.1) is 24.0 Å². The zero-order valence-electron chi connectivity index (χ0n) is 17.9. The summed E-state index contributed by atoms with van der Waals surface area (Å²) in [4.78, 5) is 11.4. The van der Waals surface area contributed by atoms with E-state index in [0.29, 0.717) is 0 Å². The number of anilines is 1. The minimum absolute atomic E-state index is 0. The van der Waals surface area contributed by atoms with Gasteiger partial charge in [0.25, 0.3) is 0 Å². The van der Waals surface area contributed by atoms with Gasteiger partial charge in [0, 0.05) is 44.8 Å². The highest BCUT2D eigenvalue weighted by atomic mass is 127. The predicted octanol–water partition coefficient (Wildman–Crippen LogP) is 4.48. The third kappa shape index (κ3) is 5.45. The molecule has 0 atom stereocenters. The molecule has 1 aromatic carbocycles. The van der Waals surface area contributed by atoms with E-state index in [9.17, 15) is 0 Å². The van der Waals surface area contributed by atoms with Crippen molar-refractivity contribution in [2.24, 2.45) is 4.99 Å². The Hall–Kier alpha value is -1.83. The second kappa shape index (κ2) is 11.0. The Kier molecular flexibility index (Phi) is 8.36. The maximum Gasteiger partial charge on any atom is 0.191 e. The lowest BCUT2D eigenvalue weighted by atomic mass is 9.79. The Bertz CT molecular complexity index is 794. The van der Waals surface area contributed by atoms with E-state index < -0.39 is 0 Å². The van der Waals surface area contributed by atoms with E-state index in [2.05, 4.69) is 68.0 Å². The van der Waals surface area contributed by atoms with Gasteiger partial charge in [-0.2, -0.15) is 0 Å². The summed E-state index contributed by atoms with van der Waals surface area (Å²) >= 11 is 0. The number of hydrogen-bond acceptors (Lipinski definition) is 3. The van der Waals surface area contributed by atoms with Crippen LogP contribution in [-0.2, 0) is 12.0 Å². The van der Waals surface area contributed by atoms with Gasteiger partial charge < -0.3 is 15.5 Å². The quantitative estimate of drug-likeness (QED) is 0.336. The largest absolute Gasteiger partial charge is 0.357 e. The van der Waals surface area contributed by atoms with Crippen molar-refractivity contribution in [2.45, 2.75) is 50.5 Å². The lowest BCUT2D eigenvalue weighted by Crippen LogP contribution is -2.44. The van der Waals surface area contributed by atoms with Gasteiger partial charge in [-0.05, 0) is 42.9 Å². The second-order valence-electron chi connectivity index (χ2n) is 8.35. The highest BCUT2D eigenvalue weighted by Gasteiger charge is 2.35. The molecule has 1 aliphatic carbocycles. The SMILES string of the molecule is CN=C(NCc1ccc(N2CCCC2)nc1)NCC1(c2ccccc2)CCCC1.I. The van der Waals surface area contributed by atoms with Gasteiger partial charge in [0.2, 0.25) is 0 Å². The molecule has 0 unspecified atom stereocenters. The summed E-state index contributed by atoms with van der Waals surface area (Å²) in [5.74, 6) is 1.95. The van der Waals surface area contributed by atoms with Crippen LogP contribution in [0, 0.1) is 0 Å². The van der Waals surface area contributed by atoms with Crippen molar-refractivity contribution in [3.8, 4) is 0 Å². The molecule has 2 aromatic rings. The molecular formula is C24H34IN5. The van der Waals surface area contributed by atoms with Crippen LogP contribution in [0.1, 0.15) is 49.7 Å². The molecule has 0 amide bonds. The Labute approximate surface area is 197 Å². The molecule has 0 bridgehead atoms. The first-order valence-electron chi connectivity index (χ1n) is 11.0. The van der Waals surface area contributed by atoms with Gasteiger partial charge in [-0.1, -0.05) is 49.2 Å². The Balaban J connectivity index is 0.00000256. The first-order valence-corrected chi connectivity index (χ1v) is 11.0. The summed E-state index contributed by atoms with van der Waals surface area (Å²) in [6.07, 6.45) is 9.62. The lowest BCUT2D eigenvalue weighted by Gasteiger charge is -2.30. The van der Waals surface area contributed by atoms with Crippen LogP contribution in [-0.4, -0.2) is 37.6 Å². The summed E-state index contributed by atoms with van der Waals surface area (Å²) in [6, 6.07) is 15.3. The fraction of sp³-hybridized carbons (Fsp3) is 0.500. The highest BCUT2D eigenvalue weighted by Crippen LogP contribution is 2.40. The Morgan fingerprint density at radius 2 is 1.73 bits per heavy atom. The average Bonchev–Trinajstić information content (AvgIpc) is 3.48. The van der Waals surface area contributed by atoms with E-state index in [0.717, 1.165) is 38.0 Å². The third-order valence-electron chi connectivity index (χ3n) is 6.46. The first kappa shape index (κ1) is 22.8. The number of pyridine rings is 1. The van der Waals surface area contributed by atoms with Crippen LogP contribution in [0.5, 0.6) is 0 Å². The van der Waals surface area contributed by atoms with Gasteiger partial charge in [0.05, 0.1) is 0 Å². The molecule has 6 heteroatoms. The van der Waals surface area contributed by atoms with Gasteiger partial charge in [0.1, 0.15) is 5.82 Å². The van der Waals surface area contributed by atoms with Crippen molar-refractivity contribution < 1.29 is 0 Å². The maximum absolute atomic E-state index is 4.65. The fourth-order valence-electron chi connectivity index (χ4n) is 4.72. The number of aromatic nitrogens is 1. The van der Waals surface area contributed by atoms with Crippen LogP contribution in [0.4, 0.5) is 5.82 Å². The number of guanidine groups is 1. The van der Waals surface area contributed by atoms with Crippen LogP contribution in [0.2, 0.25) is 0 Å². The summed E-state index contributed by atoms with van der Waals surface area (Å²) in [6.45, 7) is 3.91. The number of nitrogens with one attached hydrogen (secondary N) is 2. The second-order valence-corrected chi connectivity index (χ2v) is 8.35. The highest BCUT2D eigenvalue weighted by molar-refractivity contribution is 14.0. The molecule has 1 aromatic heterocycles. The standard InChI is InChI=1S/C24H33N5.HI/c1-25-23(27-18-20-11-12-22(26-17-20)29-15-7-8-16-29)28-19-24(13-5-6-14-24)21-9-3-2-4-10-21;/h2-4,9-12,17H,5-8,13-16,18-19H2,1H3,(H2,25,27,28);1H. The molecule has 2 N–H and O–H groups in total. The smallest absolute Gasteiger partial charge is 0.191 e. The van der Waals surface area contributed by atoms with Crippen molar-refractivity contribution in [1.29, 1.82) is 0 Å². The minimum Gasteiger partial charge on any atom is -0.357 e. The third-order valence-corrected chi connectivity index (χ3v) is 6.46. The summed E-state index contributed by atoms with van der Waals surface area (Å²) in [5.41, 5.74) is 2.84. The molecule has 1 saturated carbocycles. The van der Waals surface area contributed by atoms with E-state index in [1.54, 1.807) is 0 Å². The Morgan fingerprint density at radius 3 is 2.37 bits per heavy atom. The normalized spacial score (nSPS) is 18.2. The molecule has 30 heavy (non-hydrogen) atoms. The fourth-order valence-corrected chi connectivity index (χ4v) is 4.72. The molecular weight excluding hydrogens is 485 g/mol. The molecule has 1 aliphatic heterocycles. The van der Waals surface area contributed by atoms with Crippen molar-refractivity contribution in [3.05, 3.63) is 59.8 Å². The summed E-state index contributed by atoms with van der Waals surface area (Å²) in [7, 11) is 1.84. The van der Waals surface area contributed by atoms with Crippen molar-refractivity contribution in [2.75, 3.05) is 31.6 Å². The topological polar surface area (TPSA) is 52.6 Å². The zero-order valence-corrected chi connectivity index (χ0v) is 20.3. The van der Waals surface area contributed by atoms with Gasteiger partial charge >= 0.3 is 0 Å². The van der Waals surface area contributed by atoms with Gasteiger partial charge in [-0.3, -0.25) is 4.99 Å². The van der Waals surface area contributed by atoms with E-state index >= 15 is 0 Å². The molecule has 5 nitrogen and oxygen atoms in total. The van der Waals surface area contributed by atoms with E-state index in [-0.39, 0.29) is 29.4 Å². The van der Waals surface area contributed by atoms with E-state index in [1.165, 1.54) is 49.7 Å². The average molecular weight is 519 g/mol. The monoisotopic (exact) mass is 519 g/mol. The number of nitrogens with zero attached hydrogens (tertiary/aromatic N) is 3. The molecule has 0 radical (unpaired) electrons. The zero-order chi connectivity index (χ0) is 19.9. The molecule has 0 spiro atoms. The Morgan fingerprint density at radius 1 is 1.00 bits per heavy atom. The molecule has 2 fully saturated rings. The van der Waals surface area contributed by atoms with E-state index in [1.807, 2.05) is 13.2 Å². The number of aliphatic imine (C=N–C) groups is 1. The molecule has 2 heterocycles. The van der Waals surface area contributed by atoms with Crippen molar-refractivity contribution in [3.63, 3.8) is 0 Å². The van der Waals surface area contributed by atoms with Crippen LogP contribution in [0.25, 0.3) is 0 Å². The minimum atomic E-state index is 0. The molecule has 2 aliphatic rings. The van der Waals surface area contributed by atoms with Crippen molar-refractivity contribution >= 4 is 35.8 Å². The number of benzene rings is 1. The van der Waals surface area contributed by atoms with Crippen molar-refractivity contribution in [1.82, 2.24) is 15.6 Å². The van der Waals surface area contributed by atoms with Gasteiger partial charge in [0.15, 0.2) is 5.96 Å². The molecule has 1 saturated heterocycles.